The van der Waals surface area contributed by atoms with Crippen molar-refractivity contribution in [2.75, 3.05) is 7.11 Å². The van der Waals surface area contributed by atoms with E-state index in [9.17, 15) is 9.18 Å². The van der Waals surface area contributed by atoms with Gasteiger partial charge in [0.25, 0.3) is 0 Å². The summed E-state index contributed by atoms with van der Waals surface area (Å²) < 4.78 is 17.5. The zero-order valence-electron chi connectivity index (χ0n) is 7.30. The summed E-state index contributed by atoms with van der Waals surface area (Å²) in [6.45, 7) is 0. The van der Waals surface area contributed by atoms with Crippen molar-refractivity contribution in [1.29, 1.82) is 0 Å². The van der Waals surface area contributed by atoms with Gasteiger partial charge in [0.05, 0.1) is 17.7 Å². The van der Waals surface area contributed by atoms with Gasteiger partial charge >= 0.3 is 5.97 Å². The van der Waals surface area contributed by atoms with Gasteiger partial charge < -0.3 is 4.74 Å². The van der Waals surface area contributed by atoms with Crippen LogP contribution in [0.2, 0.25) is 5.02 Å². The second-order valence-corrected chi connectivity index (χ2v) is 2.83. The molecule has 1 aromatic carbocycles. The Labute approximate surface area is 85.6 Å². The van der Waals surface area contributed by atoms with Crippen molar-refractivity contribution in [1.82, 2.24) is 0 Å². The molecule has 2 nitrogen and oxygen atoms in total. The van der Waals surface area contributed by atoms with Crippen LogP contribution in [0.25, 0.3) is 0 Å². The summed E-state index contributed by atoms with van der Waals surface area (Å²) in [5, 5.41) is -0.282. The van der Waals surface area contributed by atoms with Gasteiger partial charge in [0.15, 0.2) is 0 Å². The van der Waals surface area contributed by atoms with Crippen LogP contribution in [0.3, 0.4) is 0 Å². The Bertz CT molecular complexity index is 421. The molecule has 0 radical (unpaired) electrons. The average molecular weight is 213 g/mol. The third-order valence-electron chi connectivity index (χ3n) is 1.60. The number of hydrogen-bond donors (Lipinski definition) is 0. The number of terminal acetylenes is 1. The minimum atomic E-state index is -0.734. The molecule has 1 rings (SSSR count). The predicted octanol–water partition coefficient (Wildman–Crippen LogP) is 2.25. The van der Waals surface area contributed by atoms with Gasteiger partial charge in [-0.3, -0.25) is 0 Å². The first-order valence-electron chi connectivity index (χ1n) is 3.64. The van der Waals surface area contributed by atoms with Crippen LogP contribution in [0.15, 0.2) is 12.1 Å². The first kappa shape index (κ1) is 10.6. The van der Waals surface area contributed by atoms with Gasteiger partial charge in [-0.15, -0.1) is 6.42 Å². The topological polar surface area (TPSA) is 26.3 Å². The molecule has 0 spiro atoms. The Morgan fingerprint density at radius 2 is 2.29 bits per heavy atom. The fraction of sp³-hybridized carbons (Fsp3) is 0.100. The van der Waals surface area contributed by atoms with E-state index >= 15 is 0 Å². The molecule has 0 aliphatic heterocycles. The number of benzene rings is 1. The highest BCUT2D eigenvalue weighted by atomic mass is 35.5. The molecule has 1 aromatic rings. The molecular weight excluding hydrogens is 207 g/mol. The van der Waals surface area contributed by atoms with Gasteiger partial charge in [0.2, 0.25) is 0 Å². The van der Waals surface area contributed by atoms with Crippen LogP contribution < -0.4 is 0 Å². The maximum atomic E-state index is 13.1. The van der Waals surface area contributed by atoms with Gasteiger partial charge in [-0.2, -0.15) is 0 Å². The highest BCUT2D eigenvalue weighted by Crippen LogP contribution is 2.22. The first-order chi connectivity index (χ1) is 6.60. The molecule has 0 unspecified atom stereocenters. The molecule has 0 saturated carbocycles. The van der Waals surface area contributed by atoms with Crippen LogP contribution in [0.1, 0.15) is 15.9 Å². The van der Waals surface area contributed by atoms with Crippen molar-refractivity contribution in [3.63, 3.8) is 0 Å². The maximum Gasteiger partial charge on any atom is 0.339 e. The van der Waals surface area contributed by atoms with E-state index in [0.29, 0.717) is 0 Å². The second kappa shape index (κ2) is 4.12. The molecule has 0 aliphatic rings. The second-order valence-electron chi connectivity index (χ2n) is 2.46. The number of methoxy groups -OCH3 is 1. The average Bonchev–Trinajstić information content (AvgIpc) is 2.20. The van der Waals surface area contributed by atoms with Gasteiger partial charge in [-0.05, 0) is 12.1 Å². The Morgan fingerprint density at radius 1 is 1.64 bits per heavy atom. The number of hydrogen-bond acceptors (Lipinski definition) is 2. The van der Waals surface area contributed by atoms with Crippen LogP contribution in [0, 0.1) is 18.2 Å². The molecule has 0 N–H and O–H groups in total. The van der Waals surface area contributed by atoms with Crippen LogP contribution in [-0.4, -0.2) is 13.1 Å². The molecular formula is C10H6ClFO2. The molecule has 0 fully saturated rings. The molecule has 0 atom stereocenters. The molecule has 72 valence electrons. The van der Waals surface area contributed by atoms with Crippen molar-refractivity contribution in [2.45, 2.75) is 0 Å². The normalized spacial score (nSPS) is 9.29. The van der Waals surface area contributed by atoms with E-state index in [1.165, 1.54) is 13.2 Å². The third-order valence-corrected chi connectivity index (χ3v) is 1.98. The van der Waals surface area contributed by atoms with Crippen LogP contribution in [-0.2, 0) is 4.74 Å². The number of rotatable bonds is 1. The molecule has 0 bridgehead atoms. The van der Waals surface area contributed by atoms with Crippen molar-refractivity contribution in [3.8, 4) is 12.3 Å². The standard InChI is InChI=1S/C10H6ClFO2/c1-3-6-4-7(10(13)14-2)9(11)8(12)5-6/h1,4-5H,2H3. The van der Waals surface area contributed by atoms with Gasteiger partial charge in [-0.1, -0.05) is 17.5 Å². The molecule has 0 aromatic heterocycles. The summed E-state index contributed by atoms with van der Waals surface area (Å²) in [4.78, 5) is 11.1. The SMILES string of the molecule is C#Cc1cc(F)c(Cl)c(C(=O)OC)c1. The number of esters is 1. The van der Waals surface area contributed by atoms with Crippen molar-refractivity contribution in [3.05, 3.63) is 34.1 Å². The van der Waals surface area contributed by atoms with E-state index in [1.54, 1.807) is 0 Å². The number of carbonyl (C=O) groups excluding carboxylic acids is 1. The minimum absolute atomic E-state index is 0.0675. The fourth-order valence-electron chi connectivity index (χ4n) is 0.931. The van der Waals surface area contributed by atoms with Crippen LogP contribution in [0.4, 0.5) is 4.39 Å². The third kappa shape index (κ3) is 1.86. The van der Waals surface area contributed by atoms with E-state index in [-0.39, 0.29) is 16.1 Å². The lowest BCUT2D eigenvalue weighted by molar-refractivity contribution is 0.0600. The van der Waals surface area contributed by atoms with E-state index in [2.05, 4.69) is 10.7 Å². The Balaban J connectivity index is 3.36. The monoisotopic (exact) mass is 212 g/mol. The van der Waals surface area contributed by atoms with Crippen molar-refractivity contribution < 1.29 is 13.9 Å². The van der Waals surface area contributed by atoms with Crippen LogP contribution >= 0.6 is 11.6 Å². The minimum Gasteiger partial charge on any atom is -0.465 e. The van der Waals surface area contributed by atoms with Crippen LogP contribution in [0.5, 0.6) is 0 Å². The van der Waals surface area contributed by atoms with Crippen molar-refractivity contribution >= 4 is 17.6 Å². The Kier molecular flexibility index (Phi) is 3.10. The molecule has 0 aliphatic carbocycles. The lowest BCUT2D eigenvalue weighted by Crippen LogP contribution is -2.04. The van der Waals surface area contributed by atoms with E-state index < -0.39 is 11.8 Å². The van der Waals surface area contributed by atoms with Gasteiger partial charge in [-0.25, -0.2) is 9.18 Å². The summed E-state index contributed by atoms with van der Waals surface area (Å²) >= 11 is 5.55. The lowest BCUT2D eigenvalue weighted by atomic mass is 10.1. The predicted molar refractivity (Wildman–Crippen MR) is 50.7 cm³/mol. The summed E-state index contributed by atoms with van der Waals surface area (Å²) in [7, 11) is 1.18. The molecule has 0 heterocycles. The highest BCUT2D eigenvalue weighted by Gasteiger charge is 2.15. The van der Waals surface area contributed by atoms with Gasteiger partial charge in [0.1, 0.15) is 5.82 Å². The summed E-state index contributed by atoms with van der Waals surface area (Å²) in [6.07, 6.45) is 5.07. The zero-order valence-corrected chi connectivity index (χ0v) is 8.06. The van der Waals surface area contributed by atoms with Gasteiger partial charge in [0, 0.05) is 5.56 Å². The molecule has 4 heteroatoms. The fourth-order valence-corrected chi connectivity index (χ4v) is 1.12. The molecule has 14 heavy (non-hydrogen) atoms. The molecule has 0 saturated heterocycles. The summed E-state index contributed by atoms with van der Waals surface area (Å²) in [5.74, 6) is 0.758. The van der Waals surface area contributed by atoms with E-state index in [1.807, 2.05) is 0 Å². The first-order valence-corrected chi connectivity index (χ1v) is 4.02. The number of halogens is 2. The number of ether oxygens (including phenoxy) is 1. The Hall–Kier alpha value is -1.53. The van der Waals surface area contributed by atoms with E-state index in [4.69, 9.17) is 18.0 Å². The Morgan fingerprint density at radius 3 is 2.79 bits per heavy atom. The summed E-state index contributed by atoms with van der Waals surface area (Å²) in [5.41, 5.74) is 0.175. The smallest absolute Gasteiger partial charge is 0.339 e. The van der Waals surface area contributed by atoms with E-state index in [0.717, 1.165) is 6.07 Å². The van der Waals surface area contributed by atoms with Crippen molar-refractivity contribution in [2.24, 2.45) is 0 Å². The zero-order chi connectivity index (χ0) is 10.7. The highest BCUT2D eigenvalue weighted by molar-refractivity contribution is 6.33. The molecule has 0 amide bonds. The largest absolute Gasteiger partial charge is 0.465 e. The maximum absolute atomic E-state index is 13.1. The summed E-state index contributed by atoms with van der Waals surface area (Å²) in [6, 6.07) is 2.38. The lowest BCUT2D eigenvalue weighted by Gasteiger charge is -2.03. The quantitative estimate of drug-likeness (QED) is 0.527. The number of carbonyl (C=O) groups is 1.